The van der Waals surface area contributed by atoms with Gasteiger partial charge in [0.05, 0.1) is 25.0 Å². The minimum Gasteiger partial charge on any atom is -0.495 e. The van der Waals surface area contributed by atoms with Crippen molar-refractivity contribution in [1.82, 2.24) is 4.98 Å². The van der Waals surface area contributed by atoms with Crippen molar-refractivity contribution in [3.63, 3.8) is 0 Å². The molecule has 3 aromatic carbocycles. The van der Waals surface area contributed by atoms with E-state index in [4.69, 9.17) is 14.5 Å². The van der Waals surface area contributed by atoms with Crippen LogP contribution in [0.1, 0.15) is 17.3 Å². The van der Waals surface area contributed by atoms with Crippen LogP contribution in [0.4, 0.5) is 17.2 Å². The summed E-state index contributed by atoms with van der Waals surface area (Å²) in [5, 5.41) is 4.85. The molecule has 0 saturated carbocycles. The Bertz CT molecular complexity index is 1350. The normalized spacial score (nSPS) is 13.5. The summed E-state index contributed by atoms with van der Waals surface area (Å²) in [5.41, 5.74) is 2.37. The Balaban J connectivity index is 1.35. The molecule has 0 bridgehead atoms. The molecule has 0 atom stereocenters. The lowest BCUT2D eigenvalue weighted by Crippen LogP contribution is -2.47. The van der Waals surface area contributed by atoms with Crippen LogP contribution in [-0.2, 0) is 0 Å². The van der Waals surface area contributed by atoms with E-state index in [1.54, 1.807) is 13.3 Å². The van der Waals surface area contributed by atoms with Crippen LogP contribution in [-0.4, -0.2) is 50.8 Å². The van der Waals surface area contributed by atoms with Gasteiger partial charge in [0.1, 0.15) is 17.3 Å². The monoisotopic (exact) mass is 482 g/mol. The van der Waals surface area contributed by atoms with Gasteiger partial charge in [-0.25, -0.2) is 4.98 Å². The lowest BCUT2D eigenvalue weighted by atomic mass is 10.1. The summed E-state index contributed by atoms with van der Waals surface area (Å²) >= 11 is 0. The van der Waals surface area contributed by atoms with Gasteiger partial charge in [0.2, 0.25) is 0 Å². The first-order chi connectivity index (χ1) is 17.7. The molecule has 1 N–H and O–H groups in total. The number of hydrogen-bond acceptors (Lipinski definition) is 6. The highest BCUT2D eigenvalue weighted by molar-refractivity contribution is 6.14. The lowest BCUT2D eigenvalue weighted by molar-refractivity contribution is 0.102. The Morgan fingerprint density at radius 2 is 1.56 bits per heavy atom. The van der Waals surface area contributed by atoms with Crippen molar-refractivity contribution in [2.45, 2.75) is 6.92 Å². The van der Waals surface area contributed by atoms with Gasteiger partial charge >= 0.3 is 0 Å². The highest BCUT2D eigenvalue weighted by Gasteiger charge is 2.23. The Labute approximate surface area is 211 Å². The standard InChI is InChI=1S/C29H30N4O3/c1-3-36-22-14-12-21(13-15-22)31-29(34)25-20-30-28(24-9-5-4-8-23(24)25)33-18-16-32(17-19-33)26-10-6-7-11-27(26)35-2/h4-15,20H,3,16-19H2,1-2H3,(H,31,34). The lowest BCUT2D eigenvalue weighted by Gasteiger charge is -2.37. The summed E-state index contributed by atoms with van der Waals surface area (Å²) in [7, 11) is 1.71. The van der Waals surface area contributed by atoms with E-state index in [-0.39, 0.29) is 5.91 Å². The highest BCUT2D eigenvalue weighted by atomic mass is 16.5. The Morgan fingerprint density at radius 3 is 2.28 bits per heavy atom. The van der Waals surface area contributed by atoms with E-state index in [0.29, 0.717) is 17.9 Å². The molecule has 1 aliphatic rings. The molecule has 1 saturated heterocycles. The molecular weight excluding hydrogens is 452 g/mol. The molecule has 7 nitrogen and oxygen atoms in total. The molecule has 4 aromatic rings. The maximum atomic E-state index is 13.2. The van der Waals surface area contributed by atoms with E-state index in [1.165, 1.54) is 0 Å². The number of carbonyl (C=O) groups is 1. The molecule has 0 spiro atoms. The number of piperazine rings is 1. The molecule has 1 amide bonds. The third-order valence-corrected chi connectivity index (χ3v) is 6.45. The fourth-order valence-electron chi connectivity index (χ4n) is 4.66. The molecule has 0 aliphatic carbocycles. The van der Waals surface area contributed by atoms with Gasteiger partial charge in [-0.3, -0.25) is 4.79 Å². The van der Waals surface area contributed by atoms with Crippen molar-refractivity contribution in [2.75, 3.05) is 55.0 Å². The van der Waals surface area contributed by atoms with Crippen molar-refractivity contribution in [1.29, 1.82) is 0 Å². The van der Waals surface area contributed by atoms with Crippen LogP contribution in [0.3, 0.4) is 0 Å². The predicted octanol–water partition coefficient (Wildman–Crippen LogP) is 5.22. The Kier molecular flexibility index (Phi) is 6.89. The summed E-state index contributed by atoms with van der Waals surface area (Å²) in [4.78, 5) is 22.6. The van der Waals surface area contributed by atoms with Crippen LogP contribution in [0, 0.1) is 0 Å². The van der Waals surface area contributed by atoms with E-state index < -0.39 is 0 Å². The van der Waals surface area contributed by atoms with Gasteiger partial charge in [0, 0.05) is 43.4 Å². The number of benzene rings is 3. The number of methoxy groups -OCH3 is 1. The SMILES string of the molecule is CCOc1ccc(NC(=O)c2cnc(N3CCN(c4ccccc4OC)CC3)c3ccccc23)cc1. The van der Waals surface area contributed by atoms with Gasteiger partial charge in [0.15, 0.2) is 0 Å². The number of amides is 1. The summed E-state index contributed by atoms with van der Waals surface area (Å²) < 4.78 is 11.0. The second-order valence-corrected chi connectivity index (χ2v) is 8.60. The van der Waals surface area contributed by atoms with Crippen molar-refractivity contribution >= 4 is 33.9 Å². The van der Waals surface area contributed by atoms with Crippen molar-refractivity contribution in [3.05, 3.63) is 84.6 Å². The van der Waals surface area contributed by atoms with Crippen molar-refractivity contribution in [3.8, 4) is 11.5 Å². The topological polar surface area (TPSA) is 66.9 Å². The molecule has 184 valence electrons. The molecule has 1 aliphatic heterocycles. The average molecular weight is 483 g/mol. The van der Waals surface area contributed by atoms with Crippen LogP contribution >= 0.6 is 0 Å². The molecule has 2 heterocycles. The van der Waals surface area contributed by atoms with Gasteiger partial charge in [-0.2, -0.15) is 0 Å². The van der Waals surface area contributed by atoms with Gasteiger partial charge < -0.3 is 24.6 Å². The van der Waals surface area contributed by atoms with E-state index in [9.17, 15) is 4.79 Å². The first-order valence-electron chi connectivity index (χ1n) is 12.2. The zero-order valence-electron chi connectivity index (χ0n) is 20.6. The first-order valence-corrected chi connectivity index (χ1v) is 12.2. The third kappa shape index (κ3) is 4.77. The third-order valence-electron chi connectivity index (χ3n) is 6.45. The van der Waals surface area contributed by atoms with Crippen LogP contribution in [0.2, 0.25) is 0 Å². The number of nitrogens with zero attached hydrogens (tertiary/aromatic N) is 3. The average Bonchev–Trinajstić information content (AvgIpc) is 2.93. The second-order valence-electron chi connectivity index (χ2n) is 8.60. The zero-order valence-corrected chi connectivity index (χ0v) is 20.6. The number of rotatable bonds is 7. The summed E-state index contributed by atoms with van der Waals surface area (Å²) in [5.74, 6) is 2.38. The molecule has 5 rings (SSSR count). The molecule has 7 heteroatoms. The molecule has 36 heavy (non-hydrogen) atoms. The quantitative estimate of drug-likeness (QED) is 0.390. The minimum absolute atomic E-state index is 0.185. The van der Waals surface area contributed by atoms with E-state index in [1.807, 2.05) is 73.7 Å². The minimum atomic E-state index is -0.185. The van der Waals surface area contributed by atoms with Crippen LogP contribution in [0.5, 0.6) is 11.5 Å². The smallest absolute Gasteiger partial charge is 0.257 e. The first kappa shape index (κ1) is 23.5. The Morgan fingerprint density at radius 1 is 0.889 bits per heavy atom. The fourth-order valence-corrected chi connectivity index (χ4v) is 4.66. The molecule has 1 fully saturated rings. The molecule has 0 radical (unpaired) electrons. The van der Waals surface area contributed by atoms with Crippen LogP contribution in [0.25, 0.3) is 10.8 Å². The van der Waals surface area contributed by atoms with Crippen molar-refractivity contribution in [2.24, 2.45) is 0 Å². The largest absolute Gasteiger partial charge is 0.495 e. The summed E-state index contributed by atoms with van der Waals surface area (Å²) in [6.45, 7) is 5.91. The number of carbonyl (C=O) groups excluding carboxylic acids is 1. The maximum Gasteiger partial charge on any atom is 0.257 e. The molecule has 1 aromatic heterocycles. The molecular formula is C29H30N4O3. The van der Waals surface area contributed by atoms with Gasteiger partial charge in [-0.1, -0.05) is 36.4 Å². The van der Waals surface area contributed by atoms with Crippen molar-refractivity contribution < 1.29 is 14.3 Å². The molecule has 0 unspecified atom stereocenters. The van der Waals surface area contributed by atoms with E-state index >= 15 is 0 Å². The van der Waals surface area contributed by atoms with Crippen LogP contribution < -0.4 is 24.6 Å². The summed E-state index contributed by atoms with van der Waals surface area (Å²) in [6.07, 6.45) is 1.69. The summed E-state index contributed by atoms with van der Waals surface area (Å²) in [6, 6.07) is 23.5. The van der Waals surface area contributed by atoms with E-state index in [2.05, 4.69) is 21.2 Å². The van der Waals surface area contributed by atoms with E-state index in [0.717, 1.165) is 60.0 Å². The number of nitrogens with one attached hydrogen (secondary N) is 1. The number of fused-ring (bicyclic) bond motifs is 1. The number of anilines is 3. The Hall–Kier alpha value is -4.26. The maximum absolute atomic E-state index is 13.2. The number of ether oxygens (including phenoxy) is 2. The number of pyridine rings is 1. The predicted molar refractivity (Wildman–Crippen MR) is 145 cm³/mol. The number of hydrogen-bond donors (Lipinski definition) is 1. The second kappa shape index (κ2) is 10.6. The number of aromatic nitrogens is 1. The number of para-hydroxylation sites is 2. The highest BCUT2D eigenvalue weighted by Crippen LogP contribution is 2.32. The van der Waals surface area contributed by atoms with Gasteiger partial charge in [-0.05, 0) is 48.7 Å². The van der Waals surface area contributed by atoms with Crippen LogP contribution in [0.15, 0.2) is 79.0 Å². The van der Waals surface area contributed by atoms with Gasteiger partial charge in [0.25, 0.3) is 5.91 Å². The van der Waals surface area contributed by atoms with Gasteiger partial charge in [-0.15, -0.1) is 0 Å². The fraction of sp³-hybridized carbons (Fsp3) is 0.241. The zero-order chi connectivity index (χ0) is 24.9.